The molecule has 0 aliphatic carbocycles. The third kappa shape index (κ3) is 3.11. The van der Waals surface area contributed by atoms with Crippen molar-refractivity contribution in [2.75, 3.05) is 0 Å². The summed E-state index contributed by atoms with van der Waals surface area (Å²) in [6.45, 7) is 1.72. The summed E-state index contributed by atoms with van der Waals surface area (Å²) in [6, 6.07) is 1.42. The Balaban J connectivity index is 2.65. The van der Waals surface area contributed by atoms with Crippen LogP contribution in [0.1, 0.15) is 4.88 Å². The van der Waals surface area contributed by atoms with E-state index in [0.29, 0.717) is 0 Å². The standard InChI is InChI=1S/C5H4F3NS2/c1-3-2-4(9-11-3)10-5(6,7)8/h2H,1H3. The van der Waals surface area contributed by atoms with Crippen molar-refractivity contribution < 1.29 is 13.2 Å². The summed E-state index contributed by atoms with van der Waals surface area (Å²) >= 11 is 0.895. The van der Waals surface area contributed by atoms with Crippen LogP contribution >= 0.6 is 23.3 Å². The van der Waals surface area contributed by atoms with Crippen molar-refractivity contribution in [3.63, 3.8) is 0 Å². The van der Waals surface area contributed by atoms with Crippen LogP contribution in [0.3, 0.4) is 0 Å². The quantitative estimate of drug-likeness (QED) is 0.645. The summed E-state index contributed by atoms with van der Waals surface area (Å²) in [4.78, 5) is 0.789. The van der Waals surface area contributed by atoms with Crippen LogP contribution < -0.4 is 0 Å². The first kappa shape index (κ1) is 8.86. The zero-order valence-corrected chi connectivity index (χ0v) is 7.11. The maximum absolute atomic E-state index is 11.7. The number of hydrogen-bond acceptors (Lipinski definition) is 3. The van der Waals surface area contributed by atoms with Crippen molar-refractivity contribution in [3.8, 4) is 0 Å². The molecule has 0 N–H and O–H groups in total. The Bertz CT molecular complexity index is 242. The highest BCUT2D eigenvalue weighted by Gasteiger charge is 2.30. The van der Waals surface area contributed by atoms with Crippen LogP contribution in [-0.4, -0.2) is 9.88 Å². The van der Waals surface area contributed by atoms with Gasteiger partial charge in [0.05, 0.1) is 0 Å². The molecule has 1 aromatic heterocycles. The molecule has 0 aliphatic rings. The number of nitrogens with zero attached hydrogens (tertiary/aromatic N) is 1. The molecular formula is C5H4F3NS2. The van der Waals surface area contributed by atoms with E-state index in [9.17, 15) is 13.2 Å². The van der Waals surface area contributed by atoms with E-state index in [1.54, 1.807) is 6.92 Å². The van der Waals surface area contributed by atoms with E-state index < -0.39 is 5.51 Å². The molecule has 11 heavy (non-hydrogen) atoms. The lowest BCUT2D eigenvalue weighted by molar-refractivity contribution is -0.0329. The average Bonchev–Trinajstić information content (AvgIpc) is 2.10. The van der Waals surface area contributed by atoms with Gasteiger partial charge in [0.1, 0.15) is 5.03 Å². The lowest BCUT2D eigenvalue weighted by Crippen LogP contribution is -1.98. The number of aryl methyl sites for hydroxylation is 1. The first-order chi connectivity index (χ1) is 4.97. The normalized spacial score (nSPS) is 12.0. The van der Waals surface area contributed by atoms with Gasteiger partial charge in [0.2, 0.25) is 0 Å². The summed E-state index contributed by atoms with van der Waals surface area (Å²) < 4.78 is 38.6. The average molecular weight is 199 g/mol. The minimum Gasteiger partial charge on any atom is -0.186 e. The van der Waals surface area contributed by atoms with Gasteiger partial charge in [-0.15, -0.1) is 0 Å². The van der Waals surface area contributed by atoms with Crippen molar-refractivity contribution in [3.05, 3.63) is 10.9 Å². The predicted octanol–water partition coefficient (Wildman–Crippen LogP) is 3.06. The van der Waals surface area contributed by atoms with Crippen LogP contribution in [0, 0.1) is 6.92 Å². The van der Waals surface area contributed by atoms with Crippen molar-refractivity contribution in [1.29, 1.82) is 0 Å². The molecule has 1 rings (SSSR count). The highest BCUT2D eigenvalue weighted by Crippen LogP contribution is 2.36. The fourth-order valence-corrected chi connectivity index (χ4v) is 1.77. The van der Waals surface area contributed by atoms with Crippen molar-refractivity contribution >= 4 is 23.3 Å². The van der Waals surface area contributed by atoms with Gasteiger partial charge in [-0.3, -0.25) is 0 Å². The van der Waals surface area contributed by atoms with E-state index >= 15 is 0 Å². The van der Waals surface area contributed by atoms with E-state index in [2.05, 4.69) is 4.37 Å². The monoisotopic (exact) mass is 199 g/mol. The van der Waals surface area contributed by atoms with Crippen LogP contribution in [0.4, 0.5) is 13.2 Å². The Morgan fingerprint density at radius 3 is 2.55 bits per heavy atom. The molecule has 0 unspecified atom stereocenters. The summed E-state index contributed by atoms with van der Waals surface area (Å²) in [7, 11) is 0. The molecule has 0 aliphatic heterocycles. The van der Waals surface area contributed by atoms with Gasteiger partial charge in [-0.25, -0.2) is 0 Å². The van der Waals surface area contributed by atoms with Gasteiger partial charge in [0.25, 0.3) is 0 Å². The van der Waals surface area contributed by atoms with Crippen LogP contribution in [0.5, 0.6) is 0 Å². The molecule has 6 heteroatoms. The molecule has 0 aromatic carbocycles. The van der Waals surface area contributed by atoms with Crippen molar-refractivity contribution in [2.45, 2.75) is 17.5 Å². The van der Waals surface area contributed by atoms with Gasteiger partial charge < -0.3 is 0 Å². The maximum atomic E-state index is 11.7. The van der Waals surface area contributed by atoms with E-state index in [4.69, 9.17) is 0 Å². The van der Waals surface area contributed by atoms with Crippen LogP contribution in [0.25, 0.3) is 0 Å². The number of aromatic nitrogens is 1. The van der Waals surface area contributed by atoms with Gasteiger partial charge in [0, 0.05) is 16.6 Å². The van der Waals surface area contributed by atoms with Gasteiger partial charge in [-0.05, 0) is 24.5 Å². The Morgan fingerprint density at radius 2 is 2.18 bits per heavy atom. The summed E-state index contributed by atoms with van der Waals surface area (Å²) in [5.41, 5.74) is -4.22. The number of hydrogen-bond donors (Lipinski definition) is 0. The van der Waals surface area contributed by atoms with Gasteiger partial charge in [-0.1, -0.05) is 0 Å². The zero-order chi connectivity index (χ0) is 8.48. The first-order valence-corrected chi connectivity index (χ1v) is 4.25. The second-order valence-electron chi connectivity index (χ2n) is 1.82. The summed E-state index contributed by atoms with van der Waals surface area (Å²) in [5, 5.41) is 0.0278. The van der Waals surface area contributed by atoms with E-state index in [1.807, 2.05) is 0 Å². The number of alkyl halides is 3. The highest BCUT2D eigenvalue weighted by atomic mass is 32.2. The maximum Gasteiger partial charge on any atom is 0.447 e. The van der Waals surface area contributed by atoms with Gasteiger partial charge in [-0.2, -0.15) is 17.5 Å². The molecular weight excluding hydrogens is 195 g/mol. The van der Waals surface area contributed by atoms with Crippen LogP contribution in [-0.2, 0) is 0 Å². The Labute approximate surface area is 69.8 Å². The lowest BCUT2D eigenvalue weighted by atomic mass is 10.6. The molecule has 0 amide bonds. The minimum absolute atomic E-state index is 0.0278. The molecule has 0 bridgehead atoms. The number of thioether (sulfide) groups is 1. The smallest absolute Gasteiger partial charge is 0.186 e. The Hall–Kier alpha value is -0.230. The lowest BCUT2D eigenvalue weighted by Gasteiger charge is -2.00. The third-order valence-electron chi connectivity index (χ3n) is 0.827. The second kappa shape index (κ2) is 3.02. The highest BCUT2D eigenvalue weighted by molar-refractivity contribution is 8.00. The predicted molar refractivity (Wildman–Crippen MR) is 38.8 cm³/mol. The molecule has 0 saturated heterocycles. The summed E-state index contributed by atoms with van der Waals surface area (Å²) in [6.07, 6.45) is 0. The molecule has 1 nitrogen and oxygen atoms in total. The van der Waals surface area contributed by atoms with E-state index in [-0.39, 0.29) is 16.8 Å². The molecule has 62 valence electrons. The number of halogens is 3. The molecule has 0 atom stereocenters. The molecule has 1 heterocycles. The first-order valence-electron chi connectivity index (χ1n) is 2.66. The van der Waals surface area contributed by atoms with Crippen molar-refractivity contribution in [2.24, 2.45) is 0 Å². The van der Waals surface area contributed by atoms with E-state index in [1.165, 1.54) is 6.07 Å². The van der Waals surface area contributed by atoms with Crippen LogP contribution in [0.2, 0.25) is 0 Å². The molecule has 0 fully saturated rings. The largest absolute Gasteiger partial charge is 0.447 e. The van der Waals surface area contributed by atoms with E-state index in [0.717, 1.165) is 16.4 Å². The number of rotatable bonds is 1. The van der Waals surface area contributed by atoms with Crippen molar-refractivity contribution in [1.82, 2.24) is 4.37 Å². The van der Waals surface area contributed by atoms with Gasteiger partial charge in [0.15, 0.2) is 0 Å². The SMILES string of the molecule is Cc1cc(SC(F)(F)F)ns1. The Kier molecular flexibility index (Phi) is 2.43. The fourth-order valence-electron chi connectivity index (χ4n) is 0.510. The summed E-state index contributed by atoms with van der Waals surface area (Å²) in [5.74, 6) is 0. The third-order valence-corrected chi connectivity index (χ3v) is 2.29. The molecule has 0 radical (unpaired) electrons. The molecule has 1 aromatic rings. The molecule has 0 saturated carbocycles. The topological polar surface area (TPSA) is 12.9 Å². The second-order valence-corrected chi connectivity index (χ2v) is 3.92. The minimum atomic E-state index is -4.22. The molecule has 0 spiro atoms. The fraction of sp³-hybridized carbons (Fsp3) is 0.400. The van der Waals surface area contributed by atoms with Crippen LogP contribution in [0.15, 0.2) is 11.1 Å². The zero-order valence-electron chi connectivity index (χ0n) is 5.47. The van der Waals surface area contributed by atoms with Gasteiger partial charge >= 0.3 is 5.51 Å². The Morgan fingerprint density at radius 1 is 1.55 bits per heavy atom.